The van der Waals surface area contributed by atoms with E-state index in [2.05, 4.69) is 48.4 Å². The van der Waals surface area contributed by atoms with Crippen LogP contribution in [0.1, 0.15) is 39.2 Å². The molecule has 0 bridgehead atoms. The van der Waals surface area contributed by atoms with Crippen molar-refractivity contribution in [3.8, 4) is 5.75 Å². The van der Waals surface area contributed by atoms with Crippen LogP contribution in [0.15, 0.2) is 48.5 Å². The Labute approximate surface area is 196 Å². The highest BCUT2D eigenvalue weighted by Crippen LogP contribution is 2.24. The van der Waals surface area contributed by atoms with Gasteiger partial charge in [0.15, 0.2) is 5.11 Å². The molecule has 0 unspecified atom stereocenters. The second-order valence-corrected chi connectivity index (χ2v) is 9.28. The van der Waals surface area contributed by atoms with Crippen molar-refractivity contribution in [1.29, 1.82) is 0 Å². The van der Waals surface area contributed by atoms with Crippen LogP contribution in [0.4, 0.5) is 11.4 Å². The first-order valence-electron chi connectivity index (χ1n) is 11.1. The minimum Gasteiger partial charge on any atom is -0.494 e. The summed E-state index contributed by atoms with van der Waals surface area (Å²) in [6, 6.07) is 16.1. The molecule has 2 aromatic rings. The third-order valence-corrected chi connectivity index (χ3v) is 5.50. The zero-order valence-electron chi connectivity index (χ0n) is 19.1. The molecule has 0 saturated carbocycles. The molecule has 0 aliphatic carbocycles. The van der Waals surface area contributed by atoms with Crippen molar-refractivity contribution in [3.63, 3.8) is 0 Å². The van der Waals surface area contributed by atoms with E-state index in [4.69, 9.17) is 21.7 Å². The average Bonchev–Trinajstić information content (AvgIpc) is 2.77. The van der Waals surface area contributed by atoms with Crippen molar-refractivity contribution in [2.24, 2.45) is 0 Å². The Kier molecular flexibility index (Phi) is 8.47. The predicted octanol–water partition coefficient (Wildman–Crippen LogP) is 4.49. The minimum atomic E-state index is -0.126. The number of nitrogens with one attached hydrogen (secondary N) is 2. The molecule has 1 saturated heterocycles. The van der Waals surface area contributed by atoms with Gasteiger partial charge in [-0.2, -0.15) is 0 Å². The summed E-state index contributed by atoms with van der Waals surface area (Å²) in [7, 11) is 0. The summed E-state index contributed by atoms with van der Waals surface area (Å²) in [6.45, 7) is 10.3. The van der Waals surface area contributed by atoms with Crippen LogP contribution in [0.2, 0.25) is 0 Å². The smallest absolute Gasteiger partial charge is 0.226 e. The second-order valence-electron chi connectivity index (χ2n) is 8.87. The summed E-state index contributed by atoms with van der Waals surface area (Å²) < 4.78 is 11.1. The van der Waals surface area contributed by atoms with Crippen molar-refractivity contribution in [2.45, 2.75) is 39.0 Å². The Balaban J connectivity index is 1.34. The van der Waals surface area contributed by atoms with Crippen molar-refractivity contribution >= 4 is 34.6 Å². The van der Waals surface area contributed by atoms with Gasteiger partial charge in [0.2, 0.25) is 5.91 Å². The zero-order valence-corrected chi connectivity index (χ0v) is 20.0. The van der Waals surface area contributed by atoms with Gasteiger partial charge in [0.1, 0.15) is 5.75 Å². The number of amides is 1. The molecule has 0 aromatic heterocycles. The van der Waals surface area contributed by atoms with Crippen LogP contribution in [0.25, 0.3) is 0 Å². The second kappa shape index (κ2) is 11.3. The number of carbonyl (C=O) groups excluding carboxylic acids is 1. The van der Waals surface area contributed by atoms with Gasteiger partial charge in [-0.05, 0) is 66.0 Å². The normalized spacial score (nSPS) is 14.0. The molecule has 0 atom stereocenters. The molecular formula is C25H33N3O3S. The van der Waals surface area contributed by atoms with Gasteiger partial charge in [0, 0.05) is 30.9 Å². The van der Waals surface area contributed by atoms with Gasteiger partial charge in [0.05, 0.1) is 19.8 Å². The van der Waals surface area contributed by atoms with Gasteiger partial charge in [-0.1, -0.05) is 32.9 Å². The molecule has 3 rings (SSSR count). The number of thiocarbonyl (C=S) groups is 1. The van der Waals surface area contributed by atoms with Crippen molar-refractivity contribution in [3.05, 3.63) is 54.1 Å². The number of carbonyl (C=O) groups is 1. The summed E-state index contributed by atoms with van der Waals surface area (Å²) >= 11 is 5.27. The fourth-order valence-corrected chi connectivity index (χ4v) is 3.63. The van der Waals surface area contributed by atoms with E-state index < -0.39 is 0 Å². The van der Waals surface area contributed by atoms with Gasteiger partial charge in [0.25, 0.3) is 0 Å². The first-order valence-corrected chi connectivity index (χ1v) is 11.5. The fourth-order valence-electron chi connectivity index (χ4n) is 3.40. The standard InChI is InChI=1S/C25H33N3O3S/c1-25(2,3)19-6-12-22(13-7-19)31-16-4-5-23(29)27-24(32)26-20-8-10-21(11-9-20)28-14-17-30-18-15-28/h6-13H,4-5,14-18H2,1-3H3,(H2,26,27,29,32). The number of ether oxygens (including phenoxy) is 2. The van der Waals surface area contributed by atoms with Crippen LogP contribution in [0.5, 0.6) is 5.75 Å². The highest BCUT2D eigenvalue weighted by molar-refractivity contribution is 7.80. The quantitative estimate of drug-likeness (QED) is 0.474. The van der Waals surface area contributed by atoms with Crippen molar-refractivity contribution in [2.75, 3.05) is 43.1 Å². The van der Waals surface area contributed by atoms with Gasteiger partial charge in [-0.15, -0.1) is 0 Å². The topological polar surface area (TPSA) is 62.8 Å². The van der Waals surface area contributed by atoms with E-state index >= 15 is 0 Å². The van der Waals surface area contributed by atoms with Crippen LogP contribution in [0.3, 0.4) is 0 Å². The van der Waals surface area contributed by atoms with Crippen molar-refractivity contribution < 1.29 is 14.3 Å². The Morgan fingerprint density at radius 1 is 1.06 bits per heavy atom. The summed E-state index contributed by atoms with van der Waals surface area (Å²) in [5.74, 6) is 0.690. The van der Waals surface area contributed by atoms with E-state index in [0.717, 1.165) is 43.4 Å². The van der Waals surface area contributed by atoms with Gasteiger partial charge >= 0.3 is 0 Å². The highest BCUT2D eigenvalue weighted by Gasteiger charge is 2.13. The van der Waals surface area contributed by atoms with Crippen LogP contribution in [-0.4, -0.2) is 43.9 Å². The lowest BCUT2D eigenvalue weighted by molar-refractivity contribution is -0.119. The van der Waals surface area contributed by atoms with Gasteiger partial charge < -0.3 is 25.0 Å². The third-order valence-electron chi connectivity index (χ3n) is 5.29. The van der Waals surface area contributed by atoms with E-state index in [1.165, 1.54) is 5.56 Å². The molecule has 1 aliphatic heterocycles. The molecule has 6 nitrogen and oxygen atoms in total. The van der Waals surface area contributed by atoms with E-state index in [0.29, 0.717) is 24.6 Å². The maximum Gasteiger partial charge on any atom is 0.226 e. The van der Waals surface area contributed by atoms with Crippen LogP contribution < -0.4 is 20.3 Å². The Bertz CT molecular complexity index is 886. The zero-order chi connectivity index (χ0) is 23.0. The van der Waals surface area contributed by atoms with Crippen molar-refractivity contribution in [1.82, 2.24) is 5.32 Å². The molecule has 32 heavy (non-hydrogen) atoms. The number of anilines is 2. The molecule has 0 radical (unpaired) electrons. The average molecular weight is 456 g/mol. The number of hydrogen-bond donors (Lipinski definition) is 2. The lowest BCUT2D eigenvalue weighted by atomic mass is 9.87. The Morgan fingerprint density at radius 3 is 2.34 bits per heavy atom. The monoisotopic (exact) mass is 455 g/mol. The Hall–Kier alpha value is -2.64. The molecule has 1 fully saturated rings. The summed E-state index contributed by atoms with van der Waals surface area (Å²) in [6.07, 6.45) is 0.960. The van der Waals surface area contributed by atoms with Gasteiger partial charge in [-0.25, -0.2) is 0 Å². The number of rotatable bonds is 7. The molecule has 0 spiro atoms. The summed E-state index contributed by atoms with van der Waals surface area (Å²) in [5.41, 5.74) is 3.38. The lowest BCUT2D eigenvalue weighted by Gasteiger charge is -2.28. The highest BCUT2D eigenvalue weighted by atomic mass is 32.1. The van der Waals surface area contributed by atoms with Gasteiger partial charge in [-0.3, -0.25) is 4.79 Å². The molecule has 2 N–H and O–H groups in total. The number of nitrogens with zero attached hydrogens (tertiary/aromatic N) is 1. The molecule has 1 heterocycles. The molecule has 2 aromatic carbocycles. The first-order chi connectivity index (χ1) is 15.3. The summed E-state index contributed by atoms with van der Waals surface area (Å²) in [4.78, 5) is 14.4. The maximum atomic E-state index is 12.2. The van der Waals surface area contributed by atoms with Crippen LogP contribution in [0, 0.1) is 0 Å². The van der Waals surface area contributed by atoms with E-state index in [1.54, 1.807) is 0 Å². The predicted molar refractivity (Wildman–Crippen MR) is 134 cm³/mol. The molecule has 7 heteroatoms. The number of morpholine rings is 1. The Morgan fingerprint density at radius 2 is 1.72 bits per heavy atom. The SMILES string of the molecule is CC(C)(C)c1ccc(OCCCC(=O)NC(=S)Nc2ccc(N3CCOCC3)cc2)cc1. The largest absolute Gasteiger partial charge is 0.494 e. The molecule has 1 aliphatic rings. The minimum absolute atomic E-state index is 0.119. The molecule has 1 amide bonds. The first kappa shape index (κ1) is 24.0. The van der Waals surface area contributed by atoms with E-state index in [1.807, 2.05) is 36.4 Å². The maximum absolute atomic E-state index is 12.2. The lowest BCUT2D eigenvalue weighted by Crippen LogP contribution is -2.36. The fraction of sp³-hybridized carbons (Fsp3) is 0.440. The van der Waals surface area contributed by atoms with Crippen LogP contribution >= 0.6 is 12.2 Å². The molecular weight excluding hydrogens is 422 g/mol. The third kappa shape index (κ3) is 7.50. The van der Waals surface area contributed by atoms with E-state index in [-0.39, 0.29) is 11.3 Å². The molecule has 172 valence electrons. The summed E-state index contributed by atoms with van der Waals surface area (Å²) in [5, 5.41) is 6.09. The van der Waals surface area contributed by atoms with E-state index in [9.17, 15) is 4.79 Å². The number of benzene rings is 2. The van der Waals surface area contributed by atoms with Crippen LogP contribution in [-0.2, 0) is 14.9 Å². The number of hydrogen-bond acceptors (Lipinski definition) is 5.